The number of rotatable bonds is 6. The second-order valence-electron chi connectivity index (χ2n) is 13.9. The van der Waals surface area contributed by atoms with E-state index in [4.69, 9.17) is 18.8 Å². The third-order valence-electron chi connectivity index (χ3n) is 10.4. The van der Waals surface area contributed by atoms with Crippen LogP contribution in [-0.4, -0.2) is 19.9 Å². The molecule has 0 saturated heterocycles. The predicted molar refractivity (Wildman–Crippen MR) is 225 cm³/mol. The van der Waals surface area contributed by atoms with Gasteiger partial charge in [0.05, 0.1) is 11.4 Å². The molecule has 0 fully saturated rings. The van der Waals surface area contributed by atoms with Crippen LogP contribution in [0.1, 0.15) is 0 Å². The van der Waals surface area contributed by atoms with Crippen LogP contribution in [0.15, 0.2) is 191 Å². The van der Waals surface area contributed by atoms with Gasteiger partial charge in [0.2, 0.25) is 0 Å². The first-order chi connectivity index (χ1) is 27.7. The summed E-state index contributed by atoms with van der Waals surface area (Å²) >= 11 is 0. The lowest BCUT2D eigenvalue weighted by Gasteiger charge is -2.13. The van der Waals surface area contributed by atoms with Crippen LogP contribution < -0.4 is 0 Å². The summed E-state index contributed by atoms with van der Waals surface area (Å²) in [6.45, 7) is 0. The summed E-state index contributed by atoms with van der Waals surface area (Å²) in [5, 5.41) is 4.33. The maximum atomic E-state index is 6.20. The van der Waals surface area contributed by atoms with E-state index in [2.05, 4.69) is 119 Å². The fourth-order valence-corrected chi connectivity index (χ4v) is 7.62. The normalized spacial score (nSPS) is 11.6. The fraction of sp³-hybridized carbons (Fsp3) is 0. The molecule has 0 bridgehead atoms. The molecule has 0 spiro atoms. The molecule has 6 nitrogen and oxygen atoms in total. The predicted octanol–water partition coefficient (Wildman–Crippen LogP) is 13.1. The van der Waals surface area contributed by atoms with Crippen LogP contribution in [0.4, 0.5) is 0 Å². The number of furan rings is 2. The van der Waals surface area contributed by atoms with Crippen LogP contribution in [0.3, 0.4) is 0 Å². The maximum absolute atomic E-state index is 6.20. The lowest BCUT2D eigenvalue weighted by molar-refractivity contribution is 0.668. The molecular formula is C50H30N4O2. The van der Waals surface area contributed by atoms with Gasteiger partial charge in [0.25, 0.3) is 0 Å². The Balaban J connectivity index is 1.11. The zero-order valence-corrected chi connectivity index (χ0v) is 29.9. The van der Waals surface area contributed by atoms with Crippen LogP contribution in [0.2, 0.25) is 0 Å². The highest BCUT2D eigenvalue weighted by atomic mass is 16.3. The highest BCUT2D eigenvalue weighted by Gasteiger charge is 2.16. The van der Waals surface area contributed by atoms with E-state index in [1.165, 1.54) is 0 Å². The number of aromatic nitrogens is 4. The van der Waals surface area contributed by atoms with E-state index >= 15 is 0 Å². The number of benzene rings is 7. The van der Waals surface area contributed by atoms with Gasteiger partial charge in [0, 0.05) is 56.2 Å². The molecule has 262 valence electrons. The standard InChI is InChI=1S/C50H30N4O2/c1-2-9-31(10-3-1)43-30-44(32-15-17-33(18-16-32)49-51-23-8-24-52-49)54-50(53-43)38-26-36(34-19-21-47-41(28-34)39-11-4-6-13-45(39)55-47)25-37(27-38)35-20-22-48-42(29-35)40-12-5-7-14-46(40)56-48/h1-30H. The summed E-state index contributed by atoms with van der Waals surface area (Å²) in [6.07, 6.45) is 3.51. The topological polar surface area (TPSA) is 77.8 Å². The van der Waals surface area contributed by atoms with Crippen LogP contribution >= 0.6 is 0 Å². The van der Waals surface area contributed by atoms with Crippen molar-refractivity contribution in [2.75, 3.05) is 0 Å². The molecule has 56 heavy (non-hydrogen) atoms. The van der Waals surface area contributed by atoms with Crippen molar-refractivity contribution in [2.24, 2.45) is 0 Å². The zero-order chi connectivity index (χ0) is 37.0. The lowest BCUT2D eigenvalue weighted by atomic mass is 9.94. The highest BCUT2D eigenvalue weighted by Crippen LogP contribution is 2.39. The van der Waals surface area contributed by atoms with Crippen molar-refractivity contribution in [3.63, 3.8) is 0 Å². The number of hydrogen-bond donors (Lipinski definition) is 0. The second kappa shape index (κ2) is 13.0. The molecule has 0 amide bonds. The Morgan fingerprint density at radius 2 is 0.750 bits per heavy atom. The molecular weight excluding hydrogens is 689 g/mol. The van der Waals surface area contributed by atoms with E-state index in [-0.39, 0.29) is 0 Å². The molecule has 0 aliphatic carbocycles. The number of fused-ring (bicyclic) bond motifs is 6. The first-order valence-corrected chi connectivity index (χ1v) is 18.5. The fourth-order valence-electron chi connectivity index (χ4n) is 7.62. The van der Waals surface area contributed by atoms with Gasteiger partial charge in [-0.25, -0.2) is 19.9 Å². The minimum atomic E-state index is 0.629. The van der Waals surface area contributed by atoms with Crippen LogP contribution in [0.25, 0.3) is 111 Å². The molecule has 4 aromatic heterocycles. The van der Waals surface area contributed by atoms with Crippen molar-refractivity contribution in [2.45, 2.75) is 0 Å². The number of nitrogens with zero attached hydrogens (tertiary/aromatic N) is 4. The molecule has 11 aromatic rings. The van der Waals surface area contributed by atoms with Gasteiger partial charge in [-0.3, -0.25) is 0 Å². The van der Waals surface area contributed by atoms with Crippen LogP contribution in [0.5, 0.6) is 0 Å². The van der Waals surface area contributed by atoms with Gasteiger partial charge in [-0.2, -0.15) is 0 Å². The Hall–Kier alpha value is -7.70. The molecule has 0 aliphatic heterocycles. The van der Waals surface area contributed by atoms with Crippen molar-refractivity contribution in [1.29, 1.82) is 0 Å². The Morgan fingerprint density at radius 1 is 0.286 bits per heavy atom. The molecule has 0 N–H and O–H groups in total. The smallest absolute Gasteiger partial charge is 0.160 e. The number of para-hydroxylation sites is 2. The van der Waals surface area contributed by atoms with Crippen molar-refractivity contribution in [1.82, 2.24) is 19.9 Å². The van der Waals surface area contributed by atoms with Gasteiger partial charge in [-0.05, 0) is 89.0 Å². The minimum Gasteiger partial charge on any atom is -0.456 e. The second-order valence-corrected chi connectivity index (χ2v) is 13.9. The molecule has 0 unspecified atom stereocenters. The molecule has 0 saturated carbocycles. The monoisotopic (exact) mass is 718 g/mol. The van der Waals surface area contributed by atoms with Crippen LogP contribution in [-0.2, 0) is 0 Å². The molecule has 6 heteroatoms. The van der Waals surface area contributed by atoms with Crippen molar-refractivity contribution in [3.8, 4) is 67.5 Å². The maximum Gasteiger partial charge on any atom is 0.160 e. The molecule has 7 aromatic carbocycles. The SMILES string of the molecule is c1ccc(-c2cc(-c3ccc(-c4ncccn4)cc3)nc(-c3cc(-c4ccc5oc6ccccc6c5c4)cc(-c4ccc5oc6ccccc6c5c4)c3)n2)cc1. The van der Waals surface area contributed by atoms with E-state index in [1.54, 1.807) is 12.4 Å². The van der Waals surface area contributed by atoms with E-state index < -0.39 is 0 Å². The van der Waals surface area contributed by atoms with E-state index in [0.717, 1.165) is 99.8 Å². The first-order valence-electron chi connectivity index (χ1n) is 18.5. The third kappa shape index (κ3) is 5.60. The van der Waals surface area contributed by atoms with Gasteiger partial charge in [0.1, 0.15) is 22.3 Å². The molecule has 0 aliphatic rings. The van der Waals surface area contributed by atoms with Crippen molar-refractivity contribution < 1.29 is 8.83 Å². The Kier molecular flexibility index (Phi) is 7.38. The number of hydrogen-bond acceptors (Lipinski definition) is 6. The summed E-state index contributed by atoms with van der Waals surface area (Å²) in [4.78, 5) is 19.4. The average Bonchev–Trinajstić information content (AvgIpc) is 3.84. The molecule has 0 atom stereocenters. The lowest BCUT2D eigenvalue weighted by Crippen LogP contribution is -1.97. The van der Waals surface area contributed by atoms with Crippen molar-refractivity contribution >= 4 is 43.9 Å². The first kappa shape index (κ1) is 31.8. The summed E-state index contributed by atoms with van der Waals surface area (Å²) in [6, 6.07) is 58.2. The Morgan fingerprint density at radius 3 is 1.34 bits per heavy atom. The summed E-state index contributed by atoms with van der Waals surface area (Å²) in [5.74, 6) is 1.31. The third-order valence-corrected chi connectivity index (χ3v) is 10.4. The average molecular weight is 719 g/mol. The van der Waals surface area contributed by atoms with Gasteiger partial charge in [-0.1, -0.05) is 103 Å². The quantitative estimate of drug-likeness (QED) is 0.170. The van der Waals surface area contributed by atoms with E-state index in [1.807, 2.05) is 60.7 Å². The van der Waals surface area contributed by atoms with E-state index in [0.29, 0.717) is 11.6 Å². The molecule has 0 radical (unpaired) electrons. The molecule has 11 rings (SSSR count). The minimum absolute atomic E-state index is 0.629. The van der Waals surface area contributed by atoms with Gasteiger partial charge < -0.3 is 8.83 Å². The molecule has 4 heterocycles. The van der Waals surface area contributed by atoms with Crippen LogP contribution in [0, 0.1) is 0 Å². The van der Waals surface area contributed by atoms with Gasteiger partial charge in [-0.15, -0.1) is 0 Å². The zero-order valence-electron chi connectivity index (χ0n) is 29.9. The largest absolute Gasteiger partial charge is 0.456 e. The van der Waals surface area contributed by atoms with Crippen molar-refractivity contribution in [3.05, 3.63) is 182 Å². The Bertz CT molecular complexity index is 3110. The summed E-state index contributed by atoms with van der Waals surface area (Å²) < 4.78 is 12.4. The highest BCUT2D eigenvalue weighted by molar-refractivity contribution is 6.07. The Labute approximate surface area is 321 Å². The van der Waals surface area contributed by atoms with Gasteiger partial charge >= 0.3 is 0 Å². The summed E-state index contributed by atoms with van der Waals surface area (Å²) in [7, 11) is 0. The van der Waals surface area contributed by atoms with Gasteiger partial charge in [0.15, 0.2) is 11.6 Å². The summed E-state index contributed by atoms with van der Waals surface area (Å²) in [5.41, 5.74) is 13.2. The van der Waals surface area contributed by atoms with E-state index in [9.17, 15) is 0 Å².